The minimum Gasteiger partial charge on any atom is -0.379 e. The second-order valence-corrected chi connectivity index (χ2v) is 5.24. The Morgan fingerprint density at radius 2 is 2.24 bits per heavy atom. The number of aromatic nitrogens is 2. The number of nitro benzene ring substituents is 1. The SMILES string of the molecule is CC1(c2nc(-c3ccccc3[N+](=O)[O-])no2)COCC1N. The molecular formula is C13H14N4O4. The first kappa shape index (κ1) is 13.7. The van der Waals surface area contributed by atoms with Crippen LogP contribution >= 0.6 is 0 Å². The van der Waals surface area contributed by atoms with Gasteiger partial charge >= 0.3 is 0 Å². The van der Waals surface area contributed by atoms with Gasteiger partial charge in [-0.05, 0) is 13.0 Å². The average Bonchev–Trinajstić information content (AvgIpc) is 3.08. The van der Waals surface area contributed by atoms with Crippen LogP contribution in [0.25, 0.3) is 11.4 Å². The van der Waals surface area contributed by atoms with Crippen molar-refractivity contribution in [1.29, 1.82) is 0 Å². The Hall–Kier alpha value is -2.32. The van der Waals surface area contributed by atoms with Gasteiger partial charge in [-0.2, -0.15) is 4.98 Å². The number of para-hydroxylation sites is 1. The fourth-order valence-electron chi connectivity index (χ4n) is 2.30. The van der Waals surface area contributed by atoms with E-state index in [4.69, 9.17) is 15.0 Å². The van der Waals surface area contributed by atoms with Crippen molar-refractivity contribution in [3.8, 4) is 11.4 Å². The monoisotopic (exact) mass is 290 g/mol. The topological polar surface area (TPSA) is 117 Å². The third-order valence-corrected chi connectivity index (χ3v) is 3.77. The van der Waals surface area contributed by atoms with E-state index < -0.39 is 10.3 Å². The lowest BCUT2D eigenvalue weighted by molar-refractivity contribution is -0.384. The van der Waals surface area contributed by atoms with Crippen LogP contribution in [0.5, 0.6) is 0 Å². The molecule has 2 heterocycles. The van der Waals surface area contributed by atoms with Gasteiger partial charge in [-0.3, -0.25) is 10.1 Å². The maximum absolute atomic E-state index is 11.1. The number of rotatable bonds is 3. The van der Waals surface area contributed by atoms with Gasteiger partial charge in [0.1, 0.15) is 5.56 Å². The van der Waals surface area contributed by atoms with Crippen LogP contribution in [0.3, 0.4) is 0 Å². The average molecular weight is 290 g/mol. The van der Waals surface area contributed by atoms with E-state index in [1.165, 1.54) is 6.07 Å². The van der Waals surface area contributed by atoms with E-state index in [2.05, 4.69) is 10.1 Å². The summed E-state index contributed by atoms with van der Waals surface area (Å²) in [5.41, 5.74) is 5.68. The number of nitrogens with zero attached hydrogens (tertiary/aromatic N) is 3. The summed E-state index contributed by atoms with van der Waals surface area (Å²) < 4.78 is 10.6. The molecule has 0 radical (unpaired) electrons. The van der Waals surface area contributed by atoms with Gasteiger partial charge in [0, 0.05) is 12.1 Å². The summed E-state index contributed by atoms with van der Waals surface area (Å²) in [6.07, 6.45) is 0. The van der Waals surface area contributed by atoms with Crippen molar-refractivity contribution in [3.05, 3.63) is 40.3 Å². The van der Waals surface area contributed by atoms with Crippen LogP contribution in [0.2, 0.25) is 0 Å². The van der Waals surface area contributed by atoms with E-state index in [1.807, 2.05) is 6.92 Å². The van der Waals surface area contributed by atoms with Crippen molar-refractivity contribution in [2.45, 2.75) is 18.4 Å². The van der Waals surface area contributed by atoms with Gasteiger partial charge in [0.2, 0.25) is 11.7 Å². The molecule has 0 amide bonds. The summed E-state index contributed by atoms with van der Waals surface area (Å²) in [6, 6.07) is 6.00. The molecule has 3 rings (SSSR count). The van der Waals surface area contributed by atoms with E-state index in [-0.39, 0.29) is 17.6 Å². The Labute approximate surface area is 120 Å². The number of nitrogens with two attached hydrogens (primary N) is 1. The number of ether oxygens (including phenoxy) is 1. The Bertz CT molecular complexity index is 686. The summed E-state index contributed by atoms with van der Waals surface area (Å²) in [5.74, 6) is 0.512. The van der Waals surface area contributed by atoms with Crippen LogP contribution in [0.1, 0.15) is 12.8 Å². The van der Waals surface area contributed by atoms with Gasteiger partial charge in [0.25, 0.3) is 5.69 Å². The third-order valence-electron chi connectivity index (χ3n) is 3.77. The smallest absolute Gasteiger partial charge is 0.280 e. The van der Waals surface area contributed by atoms with Crippen LogP contribution in [0, 0.1) is 10.1 Å². The van der Waals surface area contributed by atoms with Gasteiger partial charge in [-0.15, -0.1) is 0 Å². The van der Waals surface area contributed by atoms with Gasteiger partial charge in [0.05, 0.1) is 23.6 Å². The highest BCUT2D eigenvalue weighted by Gasteiger charge is 2.44. The van der Waals surface area contributed by atoms with Crippen molar-refractivity contribution in [2.24, 2.45) is 5.73 Å². The lowest BCUT2D eigenvalue weighted by atomic mass is 9.86. The predicted molar refractivity (Wildman–Crippen MR) is 72.5 cm³/mol. The standard InChI is InChI=1S/C13H14N4O4/c1-13(7-20-6-10(13)14)12-15-11(16-21-12)8-4-2-3-5-9(8)17(18)19/h2-5,10H,6-7,14H2,1H3. The van der Waals surface area contributed by atoms with Crippen molar-refractivity contribution < 1.29 is 14.2 Å². The van der Waals surface area contributed by atoms with Crippen LogP contribution in [-0.4, -0.2) is 34.3 Å². The van der Waals surface area contributed by atoms with Crippen LogP contribution < -0.4 is 5.73 Å². The largest absolute Gasteiger partial charge is 0.379 e. The van der Waals surface area contributed by atoms with E-state index in [1.54, 1.807) is 18.2 Å². The minimum absolute atomic E-state index is 0.0676. The van der Waals surface area contributed by atoms with E-state index in [0.717, 1.165) is 0 Å². The molecule has 110 valence electrons. The first-order chi connectivity index (χ1) is 10.0. The van der Waals surface area contributed by atoms with Crippen molar-refractivity contribution in [3.63, 3.8) is 0 Å². The number of nitro groups is 1. The van der Waals surface area contributed by atoms with Crippen LogP contribution in [0.15, 0.2) is 28.8 Å². The molecule has 2 atom stereocenters. The zero-order valence-corrected chi connectivity index (χ0v) is 11.4. The Morgan fingerprint density at radius 3 is 2.90 bits per heavy atom. The molecule has 1 fully saturated rings. The lowest BCUT2D eigenvalue weighted by Crippen LogP contribution is -2.42. The molecule has 1 saturated heterocycles. The quantitative estimate of drug-likeness (QED) is 0.667. The molecule has 2 N–H and O–H groups in total. The zero-order chi connectivity index (χ0) is 15.0. The van der Waals surface area contributed by atoms with Crippen molar-refractivity contribution >= 4 is 5.69 Å². The summed E-state index contributed by atoms with van der Waals surface area (Å²) in [7, 11) is 0. The molecule has 2 aromatic rings. The molecule has 2 unspecified atom stereocenters. The third kappa shape index (κ3) is 2.18. The molecule has 21 heavy (non-hydrogen) atoms. The molecule has 0 spiro atoms. The highest BCUT2D eigenvalue weighted by atomic mass is 16.6. The van der Waals surface area contributed by atoms with E-state index in [9.17, 15) is 10.1 Å². The van der Waals surface area contributed by atoms with Crippen LogP contribution in [0.4, 0.5) is 5.69 Å². The Kier molecular flexibility index (Phi) is 3.19. The molecule has 0 bridgehead atoms. The normalized spacial score (nSPS) is 25.1. The molecule has 0 aliphatic carbocycles. The second kappa shape index (κ2) is 4.90. The molecule has 8 heteroatoms. The molecule has 8 nitrogen and oxygen atoms in total. The van der Waals surface area contributed by atoms with Gasteiger partial charge in [-0.1, -0.05) is 17.3 Å². The number of hydrogen-bond acceptors (Lipinski definition) is 7. The van der Waals surface area contributed by atoms with E-state index >= 15 is 0 Å². The Balaban J connectivity index is 2.02. The van der Waals surface area contributed by atoms with Gasteiger partial charge in [0.15, 0.2) is 0 Å². The number of benzene rings is 1. The highest BCUT2D eigenvalue weighted by molar-refractivity contribution is 5.67. The summed E-state index contributed by atoms with van der Waals surface area (Å²) in [4.78, 5) is 14.9. The van der Waals surface area contributed by atoms with Gasteiger partial charge < -0.3 is 15.0 Å². The molecular weight excluding hydrogens is 276 g/mol. The van der Waals surface area contributed by atoms with Gasteiger partial charge in [-0.25, -0.2) is 0 Å². The maximum Gasteiger partial charge on any atom is 0.280 e. The predicted octanol–water partition coefficient (Wildman–Crippen LogP) is 1.26. The molecule has 0 saturated carbocycles. The molecule has 1 aliphatic rings. The summed E-state index contributed by atoms with van der Waals surface area (Å²) in [5, 5.41) is 14.9. The Morgan fingerprint density at radius 1 is 1.48 bits per heavy atom. The zero-order valence-electron chi connectivity index (χ0n) is 11.4. The number of hydrogen-bond donors (Lipinski definition) is 1. The van der Waals surface area contributed by atoms with Crippen molar-refractivity contribution in [2.75, 3.05) is 13.2 Å². The first-order valence-electron chi connectivity index (χ1n) is 6.43. The van der Waals surface area contributed by atoms with Crippen LogP contribution in [-0.2, 0) is 10.2 Å². The van der Waals surface area contributed by atoms with E-state index in [0.29, 0.717) is 24.7 Å². The lowest BCUT2D eigenvalue weighted by Gasteiger charge is -2.21. The summed E-state index contributed by atoms with van der Waals surface area (Å²) in [6.45, 7) is 2.67. The maximum atomic E-state index is 11.1. The summed E-state index contributed by atoms with van der Waals surface area (Å²) >= 11 is 0. The van der Waals surface area contributed by atoms with Crippen molar-refractivity contribution in [1.82, 2.24) is 10.1 Å². The molecule has 1 aliphatic heterocycles. The molecule has 1 aromatic heterocycles. The minimum atomic E-state index is -0.575. The fourth-order valence-corrected chi connectivity index (χ4v) is 2.30. The molecule has 1 aromatic carbocycles. The highest BCUT2D eigenvalue weighted by Crippen LogP contribution is 2.33. The second-order valence-electron chi connectivity index (χ2n) is 5.24. The fraction of sp³-hybridized carbons (Fsp3) is 0.385. The first-order valence-corrected chi connectivity index (χ1v) is 6.43.